The summed E-state index contributed by atoms with van der Waals surface area (Å²) >= 11 is 1.34. The Morgan fingerprint density at radius 2 is 1.74 bits per heavy atom. The third-order valence-corrected chi connectivity index (χ3v) is 6.69. The van der Waals surface area contributed by atoms with E-state index in [-0.39, 0.29) is 35.5 Å². The van der Waals surface area contributed by atoms with Crippen LogP contribution in [0.1, 0.15) is 21.7 Å². The normalized spacial score (nSPS) is 15.2. The highest BCUT2D eigenvalue weighted by molar-refractivity contribution is 7.90. The maximum absolute atomic E-state index is 12.3. The van der Waals surface area contributed by atoms with E-state index in [0.29, 0.717) is 21.8 Å². The van der Waals surface area contributed by atoms with Gasteiger partial charge < -0.3 is 10.6 Å². The summed E-state index contributed by atoms with van der Waals surface area (Å²) in [7, 11) is -3.60. The predicted octanol–water partition coefficient (Wildman–Crippen LogP) is 3.07. The largest absolute Gasteiger partial charge is 0.326 e. The molecule has 1 aliphatic rings. The van der Waals surface area contributed by atoms with E-state index in [2.05, 4.69) is 20.3 Å². The van der Waals surface area contributed by atoms with E-state index in [1.54, 1.807) is 54.6 Å². The number of amidine groups is 1. The molecule has 0 atom stereocenters. The first-order valence-electron chi connectivity index (χ1n) is 9.34. The lowest BCUT2D eigenvalue weighted by Crippen LogP contribution is -2.23. The van der Waals surface area contributed by atoms with Crippen molar-refractivity contribution in [3.63, 3.8) is 0 Å². The van der Waals surface area contributed by atoms with Crippen molar-refractivity contribution in [1.82, 2.24) is 4.72 Å². The van der Waals surface area contributed by atoms with E-state index in [9.17, 15) is 18.0 Å². The second-order valence-electron chi connectivity index (χ2n) is 6.64. The smallest absolute Gasteiger partial charge is 0.265 e. The molecule has 0 spiro atoms. The van der Waals surface area contributed by atoms with E-state index < -0.39 is 10.0 Å². The number of carbonyl (C=O) groups excluding carboxylic acids is 2. The van der Waals surface area contributed by atoms with Gasteiger partial charge in [0.15, 0.2) is 0 Å². The second-order valence-corrected chi connectivity index (χ2v) is 9.24. The van der Waals surface area contributed by atoms with Crippen LogP contribution in [0.5, 0.6) is 0 Å². The van der Waals surface area contributed by atoms with Crippen LogP contribution in [0.25, 0.3) is 0 Å². The molecule has 1 aliphatic heterocycles. The number of hydrogen-bond acceptors (Lipinski definition) is 6. The molecule has 8 nitrogen and oxygen atoms in total. The third-order valence-electron chi connectivity index (χ3n) is 4.42. The summed E-state index contributed by atoms with van der Waals surface area (Å²) in [6.07, 6.45) is 0.0686. The molecule has 10 heteroatoms. The van der Waals surface area contributed by atoms with Gasteiger partial charge in [0.05, 0.1) is 16.3 Å². The van der Waals surface area contributed by atoms with Crippen LogP contribution < -0.4 is 15.4 Å². The lowest BCUT2D eigenvalue weighted by Gasteiger charge is -2.08. The molecule has 0 unspecified atom stereocenters. The van der Waals surface area contributed by atoms with Crippen LogP contribution in [0.3, 0.4) is 0 Å². The maximum Gasteiger partial charge on any atom is 0.265 e. The summed E-state index contributed by atoms with van der Waals surface area (Å²) in [4.78, 5) is 29.4. The van der Waals surface area contributed by atoms with Gasteiger partial charge >= 0.3 is 0 Å². The molecule has 4 rings (SSSR count). The molecule has 0 saturated carbocycles. The molecule has 0 fully saturated rings. The minimum atomic E-state index is -3.60. The van der Waals surface area contributed by atoms with Crippen LogP contribution in [0, 0.1) is 0 Å². The molecule has 0 bridgehead atoms. The van der Waals surface area contributed by atoms with Gasteiger partial charge in [-0.2, -0.15) is 0 Å². The van der Waals surface area contributed by atoms with Crippen molar-refractivity contribution in [2.45, 2.75) is 11.3 Å². The minimum Gasteiger partial charge on any atom is -0.326 e. The van der Waals surface area contributed by atoms with Crippen LogP contribution in [-0.2, 0) is 14.8 Å². The number of sulfonamides is 1. The quantitative estimate of drug-likeness (QED) is 0.531. The molecule has 2 amide bonds. The monoisotopic (exact) mass is 454 g/mol. The first kappa shape index (κ1) is 20.8. The highest BCUT2D eigenvalue weighted by Gasteiger charge is 2.29. The summed E-state index contributed by atoms with van der Waals surface area (Å²) < 4.78 is 26.6. The van der Waals surface area contributed by atoms with Crippen molar-refractivity contribution in [3.8, 4) is 0 Å². The van der Waals surface area contributed by atoms with Gasteiger partial charge in [-0.25, -0.2) is 8.42 Å². The second kappa shape index (κ2) is 8.70. The van der Waals surface area contributed by atoms with Crippen LogP contribution >= 0.6 is 11.3 Å². The zero-order chi connectivity index (χ0) is 21.8. The molecule has 2 heterocycles. The number of carbonyl (C=O) groups is 2. The Balaban J connectivity index is 1.35. The number of hydrogen-bond donors (Lipinski definition) is 3. The van der Waals surface area contributed by atoms with Gasteiger partial charge in [0.2, 0.25) is 5.91 Å². The zero-order valence-corrected chi connectivity index (χ0v) is 17.8. The van der Waals surface area contributed by atoms with E-state index >= 15 is 0 Å². The molecule has 2 aromatic carbocycles. The molecular formula is C21H18N4O4S2. The first-order valence-corrected chi connectivity index (χ1v) is 11.7. The number of thiophene rings is 1. The van der Waals surface area contributed by atoms with Gasteiger partial charge in [-0.15, -0.1) is 11.3 Å². The Morgan fingerprint density at radius 1 is 0.968 bits per heavy atom. The van der Waals surface area contributed by atoms with Crippen molar-refractivity contribution in [3.05, 3.63) is 76.5 Å². The fourth-order valence-electron chi connectivity index (χ4n) is 3.02. The van der Waals surface area contributed by atoms with Gasteiger partial charge in [0.1, 0.15) is 5.84 Å². The van der Waals surface area contributed by atoms with Crippen LogP contribution in [0.4, 0.5) is 11.4 Å². The third kappa shape index (κ3) is 4.81. The Labute approximate surface area is 183 Å². The first-order chi connectivity index (χ1) is 14.9. The van der Waals surface area contributed by atoms with Crippen molar-refractivity contribution < 1.29 is 18.0 Å². The van der Waals surface area contributed by atoms with Gasteiger partial charge in [-0.05, 0) is 41.8 Å². The van der Waals surface area contributed by atoms with E-state index in [0.717, 1.165) is 0 Å². The molecule has 0 saturated heterocycles. The van der Waals surface area contributed by atoms with Gasteiger partial charge in [0, 0.05) is 23.4 Å². The summed E-state index contributed by atoms with van der Waals surface area (Å²) in [6.45, 7) is 0.118. The maximum atomic E-state index is 12.3. The van der Waals surface area contributed by atoms with Gasteiger partial charge in [-0.1, -0.05) is 24.3 Å². The van der Waals surface area contributed by atoms with E-state index in [1.165, 1.54) is 17.4 Å². The minimum absolute atomic E-state index is 0.0686. The molecular weight excluding hydrogens is 436 g/mol. The van der Waals surface area contributed by atoms with Crippen molar-refractivity contribution in [2.75, 3.05) is 17.2 Å². The van der Waals surface area contributed by atoms with Gasteiger partial charge in [0.25, 0.3) is 15.9 Å². The Kier molecular flexibility index (Phi) is 5.83. The summed E-state index contributed by atoms with van der Waals surface area (Å²) in [5, 5.41) is 7.37. The SMILES string of the molecule is O=C(CCN=C1NS(=O)(=O)c2ccccc21)Nc1cccc(NC(=O)c2cccs2)c1. The standard InChI is InChI=1S/C21H18N4O4S2/c26-19(10-11-22-20-16-7-1-2-9-18(16)31(28,29)25-20)23-14-5-3-6-15(13-14)24-21(27)17-8-4-12-30-17/h1-9,12-13H,10-11H2,(H,22,25)(H,23,26)(H,24,27). The Hall–Kier alpha value is -3.50. The number of anilines is 2. The van der Waals surface area contributed by atoms with Crippen LogP contribution in [0.2, 0.25) is 0 Å². The number of nitrogens with one attached hydrogen (secondary N) is 3. The molecule has 31 heavy (non-hydrogen) atoms. The number of nitrogens with zero attached hydrogens (tertiary/aromatic N) is 1. The lowest BCUT2D eigenvalue weighted by atomic mass is 10.2. The number of benzene rings is 2. The highest BCUT2D eigenvalue weighted by Crippen LogP contribution is 2.22. The fourth-order valence-corrected chi connectivity index (χ4v) is 4.89. The number of fused-ring (bicyclic) bond motifs is 1. The average Bonchev–Trinajstić information content (AvgIpc) is 3.36. The molecule has 3 aromatic rings. The molecule has 0 radical (unpaired) electrons. The summed E-state index contributed by atoms with van der Waals surface area (Å²) in [5.74, 6) is -0.254. The van der Waals surface area contributed by atoms with Crippen LogP contribution in [0.15, 0.2) is 75.9 Å². The van der Waals surface area contributed by atoms with E-state index in [4.69, 9.17) is 0 Å². The summed E-state index contributed by atoms with van der Waals surface area (Å²) in [5.41, 5.74) is 1.60. The van der Waals surface area contributed by atoms with Crippen molar-refractivity contribution >= 4 is 50.4 Å². The lowest BCUT2D eigenvalue weighted by molar-refractivity contribution is -0.116. The molecule has 1 aromatic heterocycles. The van der Waals surface area contributed by atoms with E-state index in [1.807, 2.05) is 5.38 Å². The predicted molar refractivity (Wildman–Crippen MR) is 120 cm³/mol. The Bertz CT molecular complexity index is 1270. The molecule has 0 aliphatic carbocycles. The summed E-state index contributed by atoms with van der Waals surface area (Å²) in [6, 6.07) is 16.9. The molecule has 158 valence electrons. The average molecular weight is 455 g/mol. The van der Waals surface area contributed by atoms with Crippen molar-refractivity contribution in [1.29, 1.82) is 0 Å². The number of aliphatic imine (C=N–C) groups is 1. The number of amides is 2. The molecule has 3 N–H and O–H groups in total. The number of rotatable bonds is 6. The highest BCUT2D eigenvalue weighted by atomic mass is 32.2. The van der Waals surface area contributed by atoms with Crippen molar-refractivity contribution in [2.24, 2.45) is 4.99 Å². The van der Waals surface area contributed by atoms with Gasteiger partial charge in [-0.3, -0.25) is 19.3 Å². The fraction of sp³-hybridized carbons (Fsp3) is 0.0952. The topological polar surface area (TPSA) is 117 Å². The zero-order valence-electron chi connectivity index (χ0n) is 16.2. The van der Waals surface area contributed by atoms with Crippen LogP contribution in [-0.4, -0.2) is 32.6 Å². The Morgan fingerprint density at radius 3 is 2.52 bits per heavy atom.